The van der Waals surface area contributed by atoms with Crippen molar-refractivity contribution in [2.45, 2.75) is 6.42 Å². The SMILES string of the molecule is NC(=O)Cc1cc(OCCN2CCOCC2)ccc1C(=O)O. The highest BCUT2D eigenvalue weighted by Gasteiger charge is 2.14. The minimum absolute atomic E-state index is 0.0688. The van der Waals surface area contributed by atoms with Crippen molar-refractivity contribution in [3.8, 4) is 5.75 Å². The fourth-order valence-corrected chi connectivity index (χ4v) is 2.32. The number of carbonyl (C=O) groups is 2. The van der Waals surface area contributed by atoms with Crippen LogP contribution in [0, 0.1) is 0 Å². The molecule has 1 saturated heterocycles. The Morgan fingerprint density at radius 2 is 2.05 bits per heavy atom. The molecule has 22 heavy (non-hydrogen) atoms. The Kier molecular flexibility index (Phi) is 5.74. The van der Waals surface area contributed by atoms with Crippen molar-refractivity contribution in [3.05, 3.63) is 29.3 Å². The highest BCUT2D eigenvalue weighted by atomic mass is 16.5. The van der Waals surface area contributed by atoms with Crippen LogP contribution in [-0.2, 0) is 16.0 Å². The maximum Gasteiger partial charge on any atom is 0.335 e. The number of amides is 1. The highest BCUT2D eigenvalue weighted by molar-refractivity contribution is 5.91. The van der Waals surface area contributed by atoms with E-state index in [0.717, 1.165) is 32.8 Å². The van der Waals surface area contributed by atoms with Crippen molar-refractivity contribution >= 4 is 11.9 Å². The number of carboxylic acid groups (broad SMARTS) is 1. The summed E-state index contributed by atoms with van der Waals surface area (Å²) in [5, 5.41) is 9.10. The average Bonchev–Trinajstić information content (AvgIpc) is 2.47. The van der Waals surface area contributed by atoms with Crippen molar-refractivity contribution < 1.29 is 24.2 Å². The number of aromatic carboxylic acids is 1. The van der Waals surface area contributed by atoms with Gasteiger partial charge in [0.05, 0.1) is 25.2 Å². The zero-order valence-electron chi connectivity index (χ0n) is 12.3. The maximum atomic E-state index is 11.1. The summed E-state index contributed by atoms with van der Waals surface area (Å²) in [6, 6.07) is 4.59. The third kappa shape index (κ3) is 4.71. The van der Waals surface area contributed by atoms with E-state index >= 15 is 0 Å². The van der Waals surface area contributed by atoms with Crippen molar-refractivity contribution in [3.63, 3.8) is 0 Å². The number of nitrogens with two attached hydrogens (primary N) is 1. The van der Waals surface area contributed by atoms with E-state index in [-0.39, 0.29) is 12.0 Å². The molecule has 2 rings (SSSR count). The zero-order chi connectivity index (χ0) is 15.9. The van der Waals surface area contributed by atoms with Crippen molar-refractivity contribution in [1.29, 1.82) is 0 Å². The minimum Gasteiger partial charge on any atom is -0.492 e. The summed E-state index contributed by atoms with van der Waals surface area (Å²) < 4.78 is 10.9. The van der Waals surface area contributed by atoms with Crippen LogP contribution in [0.4, 0.5) is 0 Å². The topological polar surface area (TPSA) is 102 Å². The van der Waals surface area contributed by atoms with Crippen LogP contribution >= 0.6 is 0 Å². The Labute approximate surface area is 128 Å². The smallest absolute Gasteiger partial charge is 0.335 e. The Morgan fingerprint density at radius 1 is 1.32 bits per heavy atom. The van der Waals surface area contributed by atoms with E-state index in [1.807, 2.05) is 0 Å². The number of rotatable bonds is 7. The Hall–Kier alpha value is -2.12. The minimum atomic E-state index is -1.09. The largest absolute Gasteiger partial charge is 0.492 e. The molecule has 0 bridgehead atoms. The van der Waals surface area contributed by atoms with Gasteiger partial charge in [-0.15, -0.1) is 0 Å². The molecule has 7 nitrogen and oxygen atoms in total. The summed E-state index contributed by atoms with van der Waals surface area (Å²) in [4.78, 5) is 24.4. The molecule has 1 heterocycles. The molecule has 120 valence electrons. The van der Waals surface area contributed by atoms with E-state index in [1.54, 1.807) is 12.1 Å². The van der Waals surface area contributed by atoms with Crippen LogP contribution < -0.4 is 10.5 Å². The van der Waals surface area contributed by atoms with E-state index in [0.29, 0.717) is 17.9 Å². The first-order valence-corrected chi connectivity index (χ1v) is 7.13. The summed E-state index contributed by atoms with van der Waals surface area (Å²) in [6.07, 6.45) is -0.123. The number of nitrogens with zero attached hydrogens (tertiary/aromatic N) is 1. The Morgan fingerprint density at radius 3 is 2.68 bits per heavy atom. The van der Waals surface area contributed by atoms with E-state index in [4.69, 9.17) is 20.3 Å². The van der Waals surface area contributed by atoms with Gasteiger partial charge in [0.25, 0.3) is 0 Å². The molecule has 7 heteroatoms. The van der Waals surface area contributed by atoms with Gasteiger partial charge in [-0.1, -0.05) is 0 Å². The summed E-state index contributed by atoms with van der Waals surface area (Å²) in [7, 11) is 0. The molecule has 0 aliphatic carbocycles. The molecule has 3 N–H and O–H groups in total. The van der Waals surface area contributed by atoms with Crippen LogP contribution in [0.2, 0.25) is 0 Å². The third-order valence-corrected chi connectivity index (χ3v) is 3.45. The normalized spacial score (nSPS) is 15.5. The molecule has 0 saturated carbocycles. The lowest BCUT2D eigenvalue weighted by molar-refractivity contribution is -0.117. The van der Waals surface area contributed by atoms with Gasteiger partial charge in [-0.05, 0) is 23.8 Å². The molecule has 0 spiro atoms. The van der Waals surface area contributed by atoms with E-state index < -0.39 is 11.9 Å². The van der Waals surface area contributed by atoms with Gasteiger partial charge >= 0.3 is 5.97 Å². The fraction of sp³-hybridized carbons (Fsp3) is 0.467. The number of primary amides is 1. The van der Waals surface area contributed by atoms with Crippen LogP contribution in [0.15, 0.2) is 18.2 Å². The van der Waals surface area contributed by atoms with Gasteiger partial charge < -0.3 is 20.3 Å². The monoisotopic (exact) mass is 308 g/mol. The van der Waals surface area contributed by atoms with E-state index in [1.165, 1.54) is 6.07 Å². The van der Waals surface area contributed by atoms with Gasteiger partial charge in [0.2, 0.25) is 5.91 Å². The van der Waals surface area contributed by atoms with Crippen LogP contribution in [0.3, 0.4) is 0 Å². The number of hydrogen-bond donors (Lipinski definition) is 2. The van der Waals surface area contributed by atoms with Gasteiger partial charge in [0.1, 0.15) is 12.4 Å². The van der Waals surface area contributed by atoms with Crippen LogP contribution in [0.1, 0.15) is 15.9 Å². The molecular formula is C15H20N2O5. The number of ether oxygens (including phenoxy) is 2. The Bertz CT molecular complexity index is 541. The quantitative estimate of drug-likeness (QED) is 0.742. The zero-order valence-corrected chi connectivity index (χ0v) is 12.3. The van der Waals surface area contributed by atoms with Gasteiger partial charge in [-0.2, -0.15) is 0 Å². The number of carbonyl (C=O) groups excluding carboxylic acids is 1. The lowest BCUT2D eigenvalue weighted by atomic mass is 10.0. The van der Waals surface area contributed by atoms with Crippen molar-refractivity contribution in [1.82, 2.24) is 4.90 Å². The first-order valence-electron chi connectivity index (χ1n) is 7.13. The predicted molar refractivity (Wildman–Crippen MR) is 79.1 cm³/mol. The Balaban J connectivity index is 1.95. The van der Waals surface area contributed by atoms with E-state index in [2.05, 4.69) is 4.90 Å². The number of benzene rings is 1. The maximum absolute atomic E-state index is 11.1. The lowest BCUT2D eigenvalue weighted by Gasteiger charge is -2.26. The van der Waals surface area contributed by atoms with Crippen LogP contribution in [0.5, 0.6) is 5.75 Å². The molecule has 0 aromatic heterocycles. The molecule has 0 radical (unpaired) electrons. The first kappa shape index (κ1) is 16.3. The predicted octanol–water partition coefficient (Wildman–Crippen LogP) is 0.124. The molecule has 1 aromatic rings. The van der Waals surface area contributed by atoms with E-state index in [9.17, 15) is 9.59 Å². The van der Waals surface area contributed by atoms with Gasteiger partial charge in [-0.3, -0.25) is 9.69 Å². The van der Waals surface area contributed by atoms with Crippen molar-refractivity contribution in [2.75, 3.05) is 39.5 Å². The fourth-order valence-electron chi connectivity index (χ4n) is 2.32. The van der Waals surface area contributed by atoms with Gasteiger partial charge in [0, 0.05) is 19.6 Å². The lowest BCUT2D eigenvalue weighted by Crippen LogP contribution is -2.38. The second kappa shape index (κ2) is 7.77. The summed E-state index contributed by atoms with van der Waals surface area (Å²) in [5.74, 6) is -1.13. The summed E-state index contributed by atoms with van der Waals surface area (Å²) in [6.45, 7) is 4.49. The number of hydrogen-bond acceptors (Lipinski definition) is 5. The second-order valence-corrected chi connectivity index (χ2v) is 5.07. The third-order valence-electron chi connectivity index (χ3n) is 3.45. The molecule has 0 unspecified atom stereocenters. The second-order valence-electron chi connectivity index (χ2n) is 5.07. The van der Waals surface area contributed by atoms with Gasteiger partial charge in [-0.25, -0.2) is 4.79 Å². The number of carboxylic acids is 1. The van der Waals surface area contributed by atoms with Crippen LogP contribution in [0.25, 0.3) is 0 Å². The number of morpholine rings is 1. The highest BCUT2D eigenvalue weighted by Crippen LogP contribution is 2.19. The van der Waals surface area contributed by atoms with Crippen LogP contribution in [-0.4, -0.2) is 61.3 Å². The molecule has 1 amide bonds. The van der Waals surface area contributed by atoms with Gasteiger partial charge in [0.15, 0.2) is 0 Å². The van der Waals surface area contributed by atoms with Crippen molar-refractivity contribution in [2.24, 2.45) is 5.73 Å². The summed E-state index contributed by atoms with van der Waals surface area (Å²) in [5.41, 5.74) is 5.58. The molecule has 1 aliphatic heterocycles. The first-order chi connectivity index (χ1) is 10.6. The molecule has 1 aliphatic rings. The summed E-state index contributed by atoms with van der Waals surface area (Å²) >= 11 is 0. The molecule has 1 fully saturated rings. The molecule has 0 atom stereocenters. The average molecular weight is 308 g/mol. The molecular weight excluding hydrogens is 288 g/mol. The molecule has 1 aromatic carbocycles. The standard InChI is InChI=1S/C15H20N2O5/c16-14(18)10-11-9-12(1-2-13(11)15(19)20)22-8-5-17-3-6-21-7-4-17/h1-2,9H,3-8,10H2,(H2,16,18)(H,19,20).